The highest BCUT2D eigenvalue weighted by atomic mass is 35.5. The Hall–Kier alpha value is -2.90. The lowest BCUT2D eigenvalue weighted by Gasteiger charge is -2.18. The molecule has 0 amide bonds. The predicted octanol–water partition coefficient (Wildman–Crippen LogP) is 3.90. The van der Waals surface area contributed by atoms with Crippen molar-refractivity contribution < 1.29 is 19.4 Å². The number of halogens is 2. The zero-order valence-corrected chi connectivity index (χ0v) is 17.2. The summed E-state index contributed by atoms with van der Waals surface area (Å²) in [6, 6.07) is 8.11. The first kappa shape index (κ1) is 21.8. The predicted molar refractivity (Wildman–Crippen MR) is 115 cm³/mol. The van der Waals surface area contributed by atoms with Crippen molar-refractivity contribution in [2.75, 3.05) is 18.5 Å². The maximum atomic E-state index is 14.4. The normalized spacial score (nSPS) is 11.1. The van der Waals surface area contributed by atoms with Gasteiger partial charge in [-0.15, -0.1) is 0 Å². The summed E-state index contributed by atoms with van der Waals surface area (Å²) in [5.41, 5.74) is 1.12. The number of aromatic carboxylic acids is 1. The molecule has 6 nitrogen and oxygen atoms in total. The summed E-state index contributed by atoms with van der Waals surface area (Å²) in [5, 5.41) is 22.3. The highest BCUT2D eigenvalue weighted by molar-refractivity contribution is 6.30. The summed E-state index contributed by atoms with van der Waals surface area (Å²) in [5.74, 6) is -1.87. The Morgan fingerprint density at radius 3 is 2.73 bits per heavy atom. The van der Waals surface area contributed by atoms with Gasteiger partial charge in [-0.1, -0.05) is 30.7 Å². The lowest BCUT2D eigenvalue weighted by atomic mass is 10.00. The second kappa shape index (κ2) is 9.28. The Kier molecular flexibility index (Phi) is 6.74. The molecule has 0 radical (unpaired) electrons. The van der Waals surface area contributed by atoms with E-state index >= 15 is 0 Å². The van der Waals surface area contributed by atoms with Crippen LogP contribution in [0.2, 0.25) is 5.02 Å². The number of rotatable bonds is 8. The SMILES string of the molecule is CCCNc1cc(Cc2cccc(Cl)c2F)cc2c(=O)c(C(=O)O)cn(CCO)c12. The molecule has 0 saturated carbocycles. The van der Waals surface area contributed by atoms with E-state index in [9.17, 15) is 24.2 Å². The summed E-state index contributed by atoms with van der Waals surface area (Å²) in [7, 11) is 0. The Bertz CT molecular complexity index is 1160. The molecule has 8 heteroatoms. The van der Waals surface area contributed by atoms with Gasteiger partial charge in [-0.25, -0.2) is 9.18 Å². The van der Waals surface area contributed by atoms with Crippen LogP contribution in [0.25, 0.3) is 10.9 Å². The average molecular weight is 433 g/mol. The zero-order valence-electron chi connectivity index (χ0n) is 16.4. The molecule has 30 heavy (non-hydrogen) atoms. The molecule has 0 atom stereocenters. The van der Waals surface area contributed by atoms with Crippen molar-refractivity contribution in [2.45, 2.75) is 26.3 Å². The van der Waals surface area contributed by atoms with Gasteiger partial charge in [0.2, 0.25) is 5.43 Å². The van der Waals surface area contributed by atoms with E-state index in [1.165, 1.54) is 12.3 Å². The van der Waals surface area contributed by atoms with E-state index in [-0.39, 0.29) is 35.5 Å². The summed E-state index contributed by atoms with van der Waals surface area (Å²) in [4.78, 5) is 24.5. The number of nitrogens with zero attached hydrogens (tertiary/aromatic N) is 1. The maximum Gasteiger partial charge on any atom is 0.341 e. The lowest BCUT2D eigenvalue weighted by molar-refractivity contribution is 0.0694. The number of aromatic nitrogens is 1. The van der Waals surface area contributed by atoms with E-state index in [0.717, 1.165) is 6.42 Å². The molecule has 0 aliphatic heterocycles. The van der Waals surface area contributed by atoms with E-state index in [1.807, 2.05) is 13.0 Å². The smallest absolute Gasteiger partial charge is 0.341 e. The third kappa shape index (κ3) is 4.32. The van der Waals surface area contributed by atoms with E-state index < -0.39 is 17.2 Å². The molecule has 0 bridgehead atoms. The fraction of sp³-hybridized carbons (Fsp3) is 0.273. The zero-order chi connectivity index (χ0) is 21.8. The largest absolute Gasteiger partial charge is 0.477 e. The molecule has 0 fully saturated rings. The van der Waals surface area contributed by atoms with Crippen molar-refractivity contribution in [1.82, 2.24) is 4.57 Å². The van der Waals surface area contributed by atoms with Gasteiger partial charge in [-0.05, 0) is 35.7 Å². The highest BCUT2D eigenvalue weighted by Gasteiger charge is 2.18. The number of hydrogen-bond donors (Lipinski definition) is 3. The quantitative estimate of drug-likeness (QED) is 0.502. The second-order valence-corrected chi connectivity index (χ2v) is 7.36. The summed E-state index contributed by atoms with van der Waals surface area (Å²) < 4.78 is 16.0. The summed E-state index contributed by atoms with van der Waals surface area (Å²) in [6.45, 7) is 2.52. The molecule has 3 rings (SSSR count). The van der Waals surface area contributed by atoms with Gasteiger partial charge >= 0.3 is 5.97 Å². The number of pyridine rings is 1. The maximum absolute atomic E-state index is 14.4. The number of carboxylic acid groups (broad SMARTS) is 1. The number of aliphatic hydroxyl groups is 1. The molecular formula is C22H22ClFN2O4. The van der Waals surface area contributed by atoms with Crippen LogP contribution < -0.4 is 10.7 Å². The summed E-state index contributed by atoms with van der Waals surface area (Å²) in [6.07, 6.45) is 2.25. The molecule has 2 aromatic carbocycles. The molecule has 3 aromatic rings. The first-order chi connectivity index (χ1) is 14.4. The molecule has 158 valence electrons. The minimum absolute atomic E-state index is 0.0103. The van der Waals surface area contributed by atoms with Gasteiger partial charge in [0.25, 0.3) is 0 Å². The third-order valence-corrected chi connectivity index (χ3v) is 5.09. The van der Waals surface area contributed by atoms with E-state index in [0.29, 0.717) is 28.9 Å². The fourth-order valence-corrected chi connectivity index (χ4v) is 3.63. The Labute approximate surface area is 177 Å². The van der Waals surface area contributed by atoms with E-state index in [4.69, 9.17) is 11.6 Å². The van der Waals surface area contributed by atoms with Gasteiger partial charge in [0.1, 0.15) is 11.4 Å². The Balaban J connectivity index is 2.27. The number of carboxylic acids is 1. The molecule has 0 aliphatic rings. The standard InChI is InChI=1S/C22H22ClFN2O4/c1-2-6-25-18-11-13(9-14-4-3-5-17(23)19(14)24)10-15-20(18)26(7-8-27)12-16(21(15)28)22(29)30/h3-5,10-12,25,27H,2,6-9H2,1H3,(H,29,30). The number of carbonyl (C=O) groups is 1. The van der Waals surface area contributed by atoms with Gasteiger partial charge in [0.15, 0.2) is 0 Å². The highest BCUT2D eigenvalue weighted by Crippen LogP contribution is 2.28. The molecule has 3 N–H and O–H groups in total. The lowest BCUT2D eigenvalue weighted by Crippen LogP contribution is -2.21. The number of benzene rings is 2. The van der Waals surface area contributed by atoms with Crippen LogP contribution in [0.4, 0.5) is 10.1 Å². The van der Waals surface area contributed by atoms with Crippen LogP contribution in [0.15, 0.2) is 41.3 Å². The van der Waals surface area contributed by atoms with Crippen molar-refractivity contribution in [1.29, 1.82) is 0 Å². The van der Waals surface area contributed by atoms with E-state index in [1.54, 1.807) is 22.8 Å². The van der Waals surface area contributed by atoms with Crippen LogP contribution in [0.1, 0.15) is 34.8 Å². The first-order valence-corrected chi connectivity index (χ1v) is 9.96. The average Bonchev–Trinajstić information content (AvgIpc) is 2.71. The molecular weight excluding hydrogens is 411 g/mol. The Morgan fingerprint density at radius 1 is 1.30 bits per heavy atom. The van der Waals surface area contributed by atoms with Crippen LogP contribution in [0.5, 0.6) is 0 Å². The van der Waals surface area contributed by atoms with E-state index in [2.05, 4.69) is 5.32 Å². The van der Waals surface area contributed by atoms with Gasteiger partial charge < -0.3 is 20.1 Å². The van der Waals surface area contributed by atoms with Crippen LogP contribution in [0.3, 0.4) is 0 Å². The number of aliphatic hydroxyl groups excluding tert-OH is 1. The van der Waals surface area contributed by atoms with Crippen molar-refractivity contribution in [3.05, 3.63) is 74.3 Å². The fourth-order valence-electron chi connectivity index (χ4n) is 3.44. The molecule has 1 heterocycles. The van der Waals surface area contributed by atoms with Gasteiger partial charge in [-0.3, -0.25) is 4.79 Å². The summed E-state index contributed by atoms with van der Waals surface area (Å²) >= 11 is 5.88. The monoisotopic (exact) mass is 432 g/mol. The molecule has 0 saturated heterocycles. The number of hydrogen-bond acceptors (Lipinski definition) is 4. The first-order valence-electron chi connectivity index (χ1n) is 9.58. The Morgan fingerprint density at radius 2 is 2.07 bits per heavy atom. The molecule has 0 unspecified atom stereocenters. The van der Waals surface area contributed by atoms with Crippen molar-refractivity contribution in [2.24, 2.45) is 0 Å². The van der Waals surface area contributed by atoms with Gasteiger partial charge in [-0.2, -0.15) is 0 Å². The number of nitrogens with one attached hydrogen (secondary N) is 1. The van der Waals surface area contributed by atoms with Crippen molar-refractivity contribution in [3.8, 4) is 0 Å². The van der Waals surface area contributed by atoms with Crippen LogP contribution >= 0.6 is 11.6 Å². The minimum atomic E-state index is -1.34. The van der Waals surface area contributed by atoms with Crippen molar-refractivity contribution >= 4 is 34.2 Å². The van der Waals surface area contributed by atoms with Gasteiger partial charge in [0, 0.05) is 31.1 Å². The molecule has 0 aliphatic carbocycles. The topological polar surface area (TPSA) is 91.6 Å². The van der Waals surface area contributed by atoms with Crippen molar-refractivity contribution in [3.63, 3.8) is 0 Å². The van der Waals surface area contributed by atoms with Crippen LogP contribution in [0, 0.1) is 5.82 Å². The third-order valence-electron chi connectivity index (χ3n) is 4.79. The number of fused-ring (bicyclic) bond motifs is 1. The van der Waals surface area contributed by atoms with Crippen LogP contribution in [-0.4, -0.2) is 33.9 Å². The van der Waals surface area contributed by atoms with Gasteiger partial charge in [0.05, 0.1) is 22.8 Å². The number of anilines is 1. The minimum Gasteiger partial charge on any atom is -0.477 e. The van der Waals surface area contributed by atoms with Crippen LogP contribution in [-0.2, 0) is 13.0 Å². The molecule has 1 aromatic heterocycles. The second-order valence-electron chi connectivity index (χ2n) is 6.95. The molecule has 0 spiro atoms.